The van der Waals surface area contributed by atoms with Crippen molar-refractivity contribution < 1.29 is 4.79 Å². The highest BCUT2D eigenvalue weighted by Gasteiger charge is 2.22. The highest BCUT2D eigenvalue weighted by Crippen LogP contribution is 2.27. The van der Waals surface area contributed by atoms with Gasteiger partial charge in [0.25, 0.3) is 5.91 Å². The summed E-state index contributed by atoms with van der Waals surface area (Å²) in [6.45, 7) is 0. The van der Waals surface area contributed by atoms with Gasteiger partial charge in [-0.25, -0.2) is 4.99 Å². The molecule has 1 aliphatic heterocycles. The van der Waals surface area contributed by atoms with E-state index in [2.05, 4.69) is 11.1 Å². The van der Waals surface area contributed by atoms with Crippen LogP contribution in [0.1, 0.15) is 33.0 Å². The van der Waals surface area contributed by atoms with E-state index >= 15 is 0 Å². The highest BCUT2D eigenvalue weighted by atomic mass is 16.1. The van der Waals surface area contributed by atoms with Crippen molar-refractivity contribution in [3.8, 4) is 6.07 Å². The van der Waals surface area contributed by atoms with Crippen molar-refractivity contribution in [1.82, 2.24) is 0 Å². The molecule has 0 bridgehead atoms. The van der Waals surface area contributed by atoms with E-state index < -0.39 is 0 Å². The molecule has 0 saturated heterocycles. The predicted molar refractivity (Wildman–Crippen MR) is 76.9 cm³/mol. The van der Waals surface area contributed by atoms with Crippen molar-refractivity contribution in [3.63, 3.8) is 0 Å². The lowest BCUT2D eigenvalue weighted by Crippen LogP contribution is -2.15. The number of benzene rings is 2. The van der Waals surface area contributed by atoms with Gasteiger partial charge in [-0.05, 0) is 35.7 Å². The molecule has 2 aromatic rings. The van der Waals surface area contributed by atoms with Crippen LogP contribution in [0.3, 0.4) is 0 Å². The lowest BCUT2D eigenvalue weighted by atomic mass is 9.87. The summed E-state index contributed by atoms with van der Waals surface area (Å²) in [5.41, 5.74) is 3.41. The van der Waals surface area contributed by atoms with Crippen LogP contribution in [-0.2, 0) is 6.42 Å². The molecule has 1 amide bonds. The van der Waals surface area contributed by atoms with Gasteiger partial charge in [0.05, 0.1) is 11.6 Å². The number of rotatable bonds is 2. The van der Waals surface area contributed by atoms with Gasteiger partial charge < -0.3 is 0 Å². The van der Waals surface area contributed by atoms with Gasteiger partial charge in [-0.1, -0.05) is 30.3 Å². The zero-order valence-electron chi connectivity index (χ0n) is 10.8. The molecular formula is C17H12N2O. The fraction of sp³-hybridized carbons (Fsp3) is 0.118. The van der Waals surface area contributed by atoms with Gasteiger partial charge >= 0.3 is 0 Å². The molecule has 96 valence electrons. The molecule has 20 heavy (non-hydrogen) atoms. The third kappa shape index (κ3) is 2.24. The van der Waals surface area contributed by atoms with Crippen LogP contribution in [0, 0.1) is 11.3 Å². The van der Waals surface area contributed by atoms with E-state index in [-0.39, 0.29) is 11.8 Å². The van der Waals surface area contributed by atoms with E-state index in [0.29, 0.717) is 11.1 Å². The third-order valence-corrected chi connectivity index (χ3v) is 3.47. The Balaban J connectivity index is 1.94. The average Bonchev–Trinajstić information content (AvgIpc) is 2.51. The Morgan fingerprint density at radius 2 is 2.00 bits per heavy atom. The maximum atomic E-state index is 11.7. The number of nitriles is 1. The Hall–Kier alpha value is -2.73. The van der Waals surface area contributed by atoms with Crippen LogP contribution in [0.2, 0.25) is 0 Å². The second-order valence-corrected chi connectivity index (χ2v) is 4.79. The summed E-state index contributed by atoms with van der Waals surface area (Å²) in [5, 5.41) is 8.94. The Morgan fingerprint density at radius 1 is 1.15 bits per heavy atom. The molecule has 3 nitrogen and oxygen atoms in total. The van der Waals surface area contributed by atoms with E-state index in [9.17, 15) is 4.79 Å². The summed E-state index contributed by atoms with van der Waals surface area (Å²) in [4.78, 5) is 15.7. The summed E-state index contributed by atoms with van der Waals surface area (Å²) in [7, 11) is 0. The van der Waals surface area contributed by atoms with Gasteiger partial charge in [-0.2, -0.15) is 5.26 Å². The third-order valence-electron chi connectivity index (χ3n) is 3.47. The average molecular weight is 260 g/mol. The Kier molecular flexibility index (Phi) is 3.14. The first kappa shape index (κ1) is 12.3. The maximum absolute atomic E-state index is 11.7. The van der Waals surface area contributed by atoms with Crippen molar-refractivity contribution in [3.05, 3.63) is 70.8 Å². The summed E-state index contributed by atoms with van der Waals surface area (Å²) in [6, 6.07) is 17.3. The Labute approximate surface area is 117 Å². The number of nitrogens with zero attached hydrogens (tertiary/aromatic N) is 2. The van der Waals surface area contributed by atoms with Crippen LogP contribution in [0.4, 0.5) is 0 Å². The molecule has 0 saturated carbocycles. The molecule has 0 radical (unpaired) electrons. The van der Waals surface area contributed by atoms with E-state index in [1.807, 2.05) is 42.5 Å². The largest absolute Gasteiger partial charge is 0.276 e. The number of amides is 1. The van der Waals surface area contributed by atoms with Crippen molar-refractivity contribution in [2.75, 3.05) is 0 Å². The molecule has 0 aliphatic carbocycles. The van der Waals surface area contributed by atoms with E-state index in [4.69, 9.17) is 5.26 Å². The normalized spacial score (nSPS) is 16.6. The van der Waals surface area contributed by atoms with E-state index in [1.54, 1.807) is 12.3 Å². The molecule has 1 aliphatic rings. The minimum absolute atomic E-state index is 0.0813. The molecular weight excluding hydrogens is 248 g/mol. The van der Waals surface area contributed by atoms with Crippen molar-refractivity contribution >= 4 is 12.1 Å². The summed E-state index contributed by atoms with van der Waals surface area (Å²) in [6.07, 6.45) is 2.45. The maximum Gasteiger partial charge on any atom is 0.276 e. The first-order valence-electron chi connectivity index (χ1n) is 6.44. The Bertz CT molecular complexity index is 741. The predicted octanol–water partition coefficient (Wildman–Crippen LogP) is 3.11. The molecule has 3 rings (SSSR count). The van der Waals surface area contributed by atoms with Gasteiger partial charge in [0.15, 0.2) is 0 Å². The topological polar surface area (TPSA) is 53.2 Å². The molecule has 0 spiro atoms. The highest BCUT2D eigenvalue weighted by molar-refractivity contribution is 6.04. The zero-order chi connectivity index (χ0) is 13.9. The number of aliphatic imine (C=N–C) groups is 1. The molecule has 1 unspecified atom stereocenters. The minimum Gasteiger partial charge on any atom is -0.267 e. The lowest BCUT2D eigenvalue weighted by molar-refractivity contribution is 0.1000. The van der Waals surface area contributed by atoms with Gasteiger partial charge in [0.1, 0.15) is 0 Å². The number of hydrogen-bond donors (Lipinski definition) is 0. The van der Waals surface area contributed by atoms with Crippen LogP contribution in [-0.4, -0.2) is 12.1 Å². The molecule has 1 atom stereocenters. The second kappa shape index (κ2) is 5.10. The number of hydrogen-bond acceptors (Lipinski definition) is 2. The molecule has 0 N–H and O–H groups in total. The van der Waals surface area contributed by atoms with Gasteiger partial charge in [0.2, 0.25) is 0 Å². The van der Waals surface area contributed by atoms with Crippen molar-refractivity contribution in [1.29, 1.82) is 5.26 Å². The fourth-order valence-corrected chi connectivity index (χ4v) is 2.51. The van der Waals surface area contributed by atoms with Crippen LogP contribution < -0.4 is 0 Å². The molecule has 0 fully saturated rings. The summed E-state index contributed by atoms with van der Waals surface area (Å²) < 4.78 is 0. The lowest BCUT2D eigenvalue weighted by Gasteiger charge is -2.19. The SMILES string of the molecule is N#Cc1cccc(CC2C=NC(=O)c3ccccc32)c1. The quantitative estimate of drug-likeness (QED) is 0.833. The molecule has 3 heteroatoms. The number of fused-ring (bicyclic) bond motifs is 1. The number of carbonyl (C=O) groups is 1. The van der Waals surface area contributed by atoms with Crippen LogP contribution >= 0.6 is 0 Å². The van der Waals surface area contributed by atoms with Crippen LogP contribution in [0.25, 0.3) is 0 Å². The molecule has 2 aromatic carbocycles. The molecule has 0 aromatic heterocycles. The van der Waals surface area contributed by atoms with Crippen molar-refractivity contribution in [2.24, 2.45) is 4.99 Å². The van der Waals surface area contributed by atoms with E-state index in [1.165, 1.54) is 0 Å². The monoisotopic (exact) mass is 260 g/mol. The second-order valence-electron chi connectivity index (χ2n) is 4.79. The molecule has 1 heterocycles. The van der Waals surface area contributed by atoms with Crippen LogP contribution in [0.15, 0.2) is 53.5 Å². The Morgan fingerprint density at radius 3 is 2.85 bits per heavy atom. The van der Waals surface area contributed by atoms with Crippen molar-refractivity contribution in [2.45, 2.75) is 12.3 Å². The fourth-order valence-electron chi connectivity index (χ4n) is 2.51. The first-order chi connectivity index (χ1) is 9.78. The smallest absolute Gasteiger partial charge is 0.267 e. The van der Waals surface area contributed by atoms with Gasteiger partial charge in [-0.15, -0.1) is 0 Å². The number of carbonyl (C=O) groups excluding carboxylic acids is 1. The first-order valence-corrected chi connectivity index (χ1v) is 6.44. The van der Waals surface area contributed by atoms with E-state index in [0.717, 1.165) is 17.5 Å². The van der Waals surface area contributed by atoms with Gasteiger partial charge in [-0.3, -0.25) is 4.79 Å². The zero-order valence-corrected chi connectivity index (χ0v) is 10.8. The minimum atomic E-state index is -0.178. The standard InChI is InChI=1S/C17H12N2O/c18-10-13-5-3-4-12(8-13)9-14-11-19-17(20)16-7-2-1-6-15(14)16/h1-8,11,14H,9H2. The van der Waals surface area contributed by atoms with Crippen LogP contribution in [0.5, 0.6) is 0 Å². The summed E-state index contributed by atoms with van der Waals surface area (Å²) >= 11 is 0. The summed E-state index contributed by atoms with van der Waals surface area (Å²) in [5.74, 6) is -0.0968. The van der Waals surface area contributed by atoms with Gasteiger partial charge in [0, 0.05) is 17.7 Å².